The van der Waals surface area contributed by atoms with Gasteiger partial charge < -0.3 is 5.32 Å². The summed E-state index contributed by atoms with van der Waals surface area (Å²) in [6, 6.07) is 14.5. The summed E-state index contributed by atoms with van der Waals surface area (Å²) in [5.41, 5.74) is 1.94. The molecule has 0 bridgehead atoms. The molecule has 0 saturated carbocycles. The van der Waals surface area contributed by atoms with Crippen LogP contribution in [0.5, 0.6) is 0 Å². The highest BCUT2D eigenvalue weighted by atomic mass is 32.2. The predicted octanol–water partition coefficient (Wildman–Crippen LogP) is 3.09. The first-order chi connectivity index (χ1) is 11.5. The Balaban J connectivity index is 1.82. The van der Waals surface area contributed by atoms with Crippen LogP contribution in [0.15, 0.2) is 65.1 Å². The van der Waals surface area contributed by atoms with E-state index in [0.717, 1.165) is 16.0 Å². The highest BCUT2D eigenvalue weighted by Crippen LogP contribution is 2.31. The molecule has 0 saturated heterocycles. The van der Waals surface area contributed by atoms with Gasteiger partial charge in [0.15, 0.2) is 0 Å². The molecule has 0 aliphatic carbocycles. The van der Waals surface area contributed by atoms with Crippen molar-refractivity contribution in [1.29, 1.82) is 0 Å². The van der Waals surface area contributed by atoms with Crippen LogP contribution >= 0.6 is 11.3 Å². The summed E-state index contributed by atoms with van der Waals surface area (Å²) >= 11 is 1.24. The number of benzene rings is 1. The zero-order valence-corrected chi connectivity index (χ0v) is 14.6. The van der Waals surface area contributed by atoms with E-state index in [1.54, 1.807) is 18.2 Å². The van der Waals surface area contributed by atoms with Gasteiger partial charge in [0.2, 0.25) is 5.91 Å². The van der Waals surface area contributed by atoms with Crippen molar-refractivity contribution in [3.05, 3.63) is 66.5 Å². The minimum atomic E-state index is -3.52. The number of nitrogens with one attached hydrogen (secondary N) is 1. The van der Waals surface area contributed by atoms with Crippen molar-refractivity contribution < 1.29 is 13.2 Å². The fraction of sp³-hybridized carbons (Fsp3) is 0.118. The van der Waals surface area contributed by atoms with Gasteiger partial charge in [0.25, 0.3) is 10.0 Å². The van der Waals surface area contributed by atoms with E-state index in [2.05, 4.69) is 5.32 Å². The highest BCUT2D eigenvalue weighted by Gasteiger charge is 2.18. The predicted molar refractivity (Wildman–Crippen MR) is 94.3 cm³/mol. The summed E-state index contributed by atoms with van der Waals surface area (Å²) in [5, 5.41) is 2.74. The number of carbonyl (C=O) groups excluding carboxylic acids is 1. The Morgan fingerprint density at radius 2 is 1.75 bits per heavy atom. The van der Waals surface area contributed by atoms with Crippen LogP contribution in [-0.4, -0.2) is 18.3 Å². The van der Waals surface area contributed by atoms with Gasteiger partial charge in [-0.25, -0.2) is 3.97 Å². The maximum Gasteiger partial charge on any atom is 0.277 e. The van der Waals surface area contributed by atoms with Gasteiger partial charge in [0.05, 0.1) is 0 Å². The largest absolute Gasteiger partial charge is 0.352 e. The van der Waals surface area contributed by atoms with Crippen LogP contribution in [0.25, 0.3) is 10.4 Å². The van der Waals surface area contributed by atoms with Crippen molar-refractivity contribution >= 4 is 27.3 Å². The first kappa shape index (κ1) is 16.5. The third-order valence-electron chi connectivity index (χ3n) is 3.47. The minimum Gasteiger partial charge on any atom is -0.352 e. The van der Waals surface area contributed by atoms with Gasteiger partial charge in [-0.05, 0) is 35.4 Å². The third kappa shape index (κ3) is 3.42. The molecular formula is C17H16N2O3S2. The Bertz CT molecular complexity index is 940. The number of hydrogen-bond donors (Lipinski definition) is 1. The number of rotatable bonds is 5. The standard InChI is InChI=1S/C17H16N2O3S2/c1-13(20)18-12-14-4-6-15(7-5-14)16-8-9-17(23-16)24(21,22)19-10-2-3-11-19/h2-11H,12H2,1H3,(H,18,20). The van der Waals surface area contributed by atoms with Gasteiger partial charge in [-0.15, -0.1) is 11.3 Å². The lowest BCUT2D eigenvalue weighted by Crippen LogP contribution is -2.18. The van der Waals surface area contributed by atoms with Crippen LogP contribution < -0.4 is 5.32 Å². The van der Waals surface area contributed by atoms with E-state index < -0.39 is 10.0 Å². The summed E-state index contributed by atoms with van der Waals surface area (Å²) in [7, 11) is -3.52. The first-order valence-electron chi connectivity index (χ1n) is 7.29. The molecule has 0 fully saturated rings. The molecule has 24 heavy (non-hydrogen) atoms. The van der Waals surface area contributed by atoms with Gasteiger partial charge in [-0.1, -0.05) is 24.3 Å². The highest BCUT2D eigenvalue weighted by molar-refractivity contribution is 7.92. The van der Waals surface area contributed by atoms with Gasteiger partial charge in [-0.3, -0.25) is 4.79 Å². The van der Waals surface area contributed by atoms with Gasteiger partial charge >= 0.3 is 0 Å². The van der Waals surface area contributed by atoms with Crippen molar-refractivity contribution in [1.82, 2.24) is 9.29 Å². The second-order valence-electron chi connectivity index (χ2n) is 5.24. The van der Waals surface area contributed by atoms with E-state index in [4.69, 9.17) is 0 Å². The Hall–Kier alpha value is -2.38. The van der Waals surface area contributed by atoms with Crippen LogP contribution in [0.1, 0.15) is 12.5 Å². The maximum atomic E-state index is 12.5. The molecule has 124 valence electrons. The van der Waals surface area contributed by atoms with Gasteiger partial charge in [-0.2, -0.15) is 8.42 Å². The minimum absolute atomic E-state index is 0.0720. The third-order valence-corrected chi connectivity index (χ3v) is 6.72. The molecule has 0 spiro atoms. The zero-order chi connectivity index (χ0) is 17.2. The molecular weight excluding hydrogens is 344 g/mol. The second-order valence-corrected chi connectivity index (χ2v) is 8.40. The monoisotopic (exact) mass is 360 g/mol. The molecule has 5 nitrogen and oxygen atoms in total. The first-order valence-corrected chi connectivity index (χ1v) is 9.54. The molecule has 0 unspecified atom stereocenters. The number of amides is 1. The average molecular weight is 360 g/mol. The lowest BCUT2D eigenvalue weighted by Gasteiger charge is -2.04. The van der Waals surface area contributed by atoms with Crippen LogP contribution in [0.3, 0.4) is 0 Å². The molecule has 1 N–H and O–H groups in total. The molecule has 2 aromatic heterocycles. The van der Waals surface area contributed by atoms with E-state index in [-0.39, 0.29) is 5.91 Å². The maximum absolute atomic E-state index is 12.5. The molecule has 0 radical (unpaired) electrons. The quantitative estimate of drug-likeness (QED) is 0.760. The molecule has 1 aromatic carbocycles. The molecule has 7 heteroatoms. The Kier molecular flexibility index (Phi) is 4.55. The van der Waals surface area contributed by atoms with Crippen molar-refractivity contribution in [3.63, 3.8) is 0 Å². The molecule has 3 aromatic rings. The summed E-state index contributed by atoms with van der Waals surface area (Å²) in [6.07, 6.45) is 3.04. The van der Waals surface area contributed by atoms with E-state index in [1.165, 1.54) is 34.6 Å². The molecule has 1 amide bonds. The normalized spacial score (nSPS) is 11.4. The Morgan fingerprint density at radius 1 is 1.08 bits per heavy atom. The average Bonchev–Trinajstić information content (AvgIpc) is 3.25. The number of carbonyl (C=O) groups is 1. The lowest BCUT2D eigenvalue weighted by atomic mass is 10.1. The smallest absolute Gasteiger partial charge is 0.277 e. The fourth-order valence-corrected chi connectivity index (χ4v) is 4.81. The van der Waals surface area contributed by atoms with E-state index in [9.17, 15) is 13.2 Å². The molecule has 0 atom stereocenters. The molecule has 0 aliphatic rings. The van der Waals surface area contributed by atoms with E-state index >= 15 is 0 Å². The van der Waals surface area contributed by atoms with Crippen LogP contribution in [0.4, 0.5) is 0 Å². The molecule has 3 rings (SSSR count). The fourth-order valence-electron chi connectivity index (χ4n) is 2.21. The van der Waals surface area contributed by atoms with E-state index in [1.807, 2.05) is 30.3 Å². The van der Waals surface area contributed by atoms with Crippen molar-refractivity contribution in [2.75, 3.05) is 0 Å². The van der Waals surface area contributed by atoms with Crippen LogP contribution in [0.2, 0.25) is 0 Å². The van der Waals surface area contributed by atoms with Gasteiger partial charge in [0, 0.05) is 30.7 Å². The second kappa shape index (κ2) is 6.62. The van der Waals surface area contributed by atoms with Crippen molar-refractivity contribution in [2.45, 2.75) is 17.7 Å². The molecule has 2 heterocycles. The van der Waals surface area contributed by atoms with Crippen molar-refractivity contribution in [2.24, 2.45) is 0 Å². The Labute approximate surface area is 144 Å². The summed E-state index contributed by atoms with van der Waals surface area (Å²) in [6.45, 7) is 1.96. The zero-order valence-electron chi connectivity index (χ0n) is 13.0. The van der Waals surface area contributed by atoms with Crippen LogP contribution in [0, 0.1) is 0 Å². The Morgan fingerprint density at radius 3 is 2.38 bits per heavy atom. The summed E-state index contributed by atoms with van der Waals surface area (Å²) in [4.78, 5) is 11.8. The SMILES string of the molecule is CC(=O)NCc1ccc(-c2ccc(S(=O)(=O)n3cccc3)s2)cc1. The topological polar surface area (TPSA) is 68.2 Å². The number of hydrogen-bond acceptors (Lipinski definition) is 4. The van der Waals surface area contributed by atoms with Crippen molar-refractivity contribution in [3.8, 4) is 10.4 Å². The summed E-state index contributed by atoms with van der Waals surface area (Å²) < 4.78 is 26.5. The molecule has 0 aliphatic heterocycles. The van der Waals surface area contributed by atoms with E-state index in [0.29, 0.717) is 10.8 Å². The lowest BCUT2D eigenvalue weighted by molar-refractivity contribution is -0.119. The summed E-state index contributed by atoms with van der Waals surface area (Å²) in [5.74, 6) is -0.0720. The number of aromatic nitrogens is 1. The van der Waals surface area contributed by atoms with Gasteiger partial charge in [0.1, 0.15) is 4.21 Å². The number of nitrogens with zero attached hydrogens (tertiary/aromatic N) is 1. The van der Waals surface area contributed by atoms with Crippen LogP contribution in [-0.2, 0) is 21.4 Å². The number of thiophene rings is 1.